The minimum Gasteiger partial charge on any atom is -0.404 e. The van der Waals surface area contributed by atoms with Gasteiger partial charge in [0.2, 0.25) is 0 Å². The highest BCUT2D eigenvalue weighted by atomic mass is 15.0. The maximum atomic E-state index is 9.04. The number of nitrogens with zero attached hydrogens (tertiary/aromatic N) is 1. The molecule has 1 heterocycles. The van der Waals surface area contributed by atoms with Crippen molar-refractivity contribution in [1.29, 1.82) is 5.26 Å². The van der Waals surface area contributed by atoms with Crippen LogP contribution in [0.1, 0.15) is 30.7 Å². The Morgan fingerprint density at radius 1 is 1.31 bits per heavy atom. The Labute approximate surface area is 155 Å². The molecule has 0 bridgehead atoms. The summed E-state index contributed by atoms with van der Waals surface area (Å²) in [7, 11) is 0. The quantitative estimate of drug-likeness (QED) is 0.780. The van der Waals surface area contributed by atoms with Crippen LogP contribution in [-0.2, 0) is 0 Å². The maximum absolute atomic E-state index is 9.04. The molecule has 1 aliphatic carbocycles. The Morgan fingerprint density at radius 2 is 2.12 bits per heavy atom. The number of nitrogens with two attached hydrogens (primary N) is 1. The number of hydrogen-bond acceptors (Lipinski definition) is 4. The standard InChI is InChI=1S/C22H26N4/c1-2-3-18-12-19(17-6-4-16(14-23)5-7-17)13-22(21(18)15-24)26-20-8-10-25-11-9-20/h2-6,12-13,15,17,20,25-26H,1,7-11,24H2/b18-3-,21-15+. The highest BCUT2D eigenvalue weighted by molar-refractivity contribution is 5.56. The van der Waals surface area contributed by atoms with E-state index in [2.05, 4.69) is 41.5 Å². The molecule has 134 valence electrons. The van der Waals surface area contributed by atoms with Crippen molar-refractivity contribution in [2.45, 2.75) is 31.2 Å². The van der Waals surface area contributed by atoms with E-state index in [1.54, 1.807) is 12.3 Å². The van der Waals surface area contributed by atoms with E-state index in [9.17, 15) is 0 Å². The fourth-order valence-corrected chi connectivity index (χ4v) is 3.62. The summed E-state index contributed by atoms with van der Waals surface area (Å²) in [6.07, 6.45) is 14.5. The fourth-order valence-electron chi connectivity index (χ4n) is 3.62. The van der Waals surface area contributed by atoms with E-state index < -0.39 is 0 Å². The normalized spacial score (nSPS) is 22.0. The van der Waals surface area contributed by atoms with E-state index in [-0.39, 0.29) is 5.92 Å². The average molecular weight is 346 g/mol. The number of piperidine rings is 1. The molecule has 1 fully saturated rings. The van der Waals surface area contributed by atoms with Crippen LogP contribution in [0.25, 0.3) is 12.3 Å². The molecule has 1 aliphatic heterocycles. The van der Waals surface area contributed by atoms with E-state index >= 15 is 0 Å². The predicted octanol–water partition coefficient (Wildman–Crippen LogP) is 2.01. The van der Waals surface area contributed by atoms with Gasteiger partial charge < -0.3 is 16.4 Å². The minimum absolute atomic E-state index is 0.268. The van der Waals surface area contributed by atoms with Gasteiger partial charge in [0, 0.05) is 34.6 Å². The summed E-state index contributed by atoms with van der Waals surface area (Å²) < 4.78 is 0. The Balaban J connectivity index is 1.99. The van der Waals surface area contributed by atoms with Crippen LogP contribution in [0.5, 0.6) is 0 Å². The van der Waals surface area contributed by atoms with Crippen molar-refractivity contribution in [1.82, 2.24) is 5.32 Å². The lowest BCUT2D eigenvalue weighted by Crippen LogP contribution is -2.38. The van der Waals surface area contributed by atoms with Crippen molar-refractivity contribution in [2.24, 2.45) is 5.73 Å². The first-order chi connectivity index (χ1) is 12.7. The van der Waals surface area contributed by atoms with Gasteiger partial charge in [-0.15, -0.1) is 0 Å². The van der Waals surface area contributed by atoms with Gasteiger partial charge in [-0.3, -0.25) is 0 Å². The molecule has 1 aromatic carbocycles. The molecule has 0 spiro atoms. The molecule has 4 N–H and O–H groups in total. The van der Waals surface area contributed by atoms with Gasteiger partial charge in [-0.2, -0.15) is 5.26 Å². The zero-order valence-corrected chi connectivity index (χ0v) is 15.0. The van der Waals surface area contributed by atoms with Crippen LogP contribution in [0.3, 0.4) is 0 Å². The fraction of sp³-hybridized carbons (Fsp3) is 0.318. The summed E-state index contributed by atoms with van der Waals surface area (Å²) in [5, 5.41) is 18.2. The van der Waals surface area contributed by atoms with Crippen molar-refractivity contribution in [3.63, 3.8) is 0 Å². The molecule has 1 atom stereocenters. The first-order valence-corrected chi connectivity index (χ1v) is 9.19. The second kappa shape index (κ2) is 8.55. The molecule has 3 rings (SSSR count). The molecular weight excluding hydrogens is 320 g/mol. The van der Waals surface area contributed by atoms with Crippen molar-refractivity contribution >= 4 is 18.0 Å². The van der Waals surface area contributed by atoms with Crippen molar-refractivity contribution < 1.29 is 0 Å². The molecule has 26 heavy (non-hydrogen) atoms. The number of rotatable bonds is 4. The van der Waals surface area contributed by atoms with Gasteiger partial charge >= 0.3 is 0 Å². The first kappa shape index (κ1) is 18.0. The zero-order chi connectivity index (χ0) is 18.4. The summed E-state index contributed by atoms with van der Waals surface area (Å²) in [5.74, 6) is 0.268. The van der Waals surface area contributed by atoms with Crippen LogP contribution in [-0.4, -0.2) is 19.1 Å². The molecule has 0 saturated carbocycles. The molecular formula is C22H26N4. The predicted molar refractivity (Wildman–Crippen MR) is 109 cm³/mol. The number of nitrogens with one attached hydrogen (secondary N) is 2. The molecule has 1 aromatic rings. The van der Waals surface area contributed by atoms with E-state index in [0.717, 1.165) is 54.0 Å². The molecule has 0 aromatic heterocycles. The lowest BCUT2D eigenvalue weighted by Gasteiger charge is -2.26. The number of hydrogen-bond donors (Lipinski definition) is 3. The van der Waals surface area contributed by atoms with Crippen molar-refractivity contribution in [2.75, 3.05) is 18.4 Å². The van der Waals surface area contributed by atoms with Crippen LogP contribution >= 0.6 is 0 Å². The third-order valence-corrected chi connectivity index (χ3v) is 5.05. The summed E-state index contributed by atoms with van der Waals surface area (Å²) in [6, 6.07) is 7.04. The van der Waals surface area contributed by atoms with Gasteiger partial charge in [0.05, 0.1) is 6.07 Å². The van der Waals surface area contributed by atoms with Gasteiger partial charge in [0.25, 0.3) is 0 Å². The van der Waals surface area contributed by atoms with Crippen molar-refractivity contribution in [3.05, 3.63) is 64.6 Å². The summed E-state index contributed by atoms with van der Waals surface area (Å²) in [4.78, 5) is 0. The highest BCUT2D eigenvalue weighted by Gasteiger charge is 2.16. The number of anilines is 1. The number of nitriles is 1. The van der Waals surface area contributed by atoms with Crippen LogP contribution in [0.2, 0.25) is 0 Å². The molecule has 2 aliphatic rings. The topological polar surface area (TPSA) is 73.9 Å². The second-order valence-corrected chi connectivity index (χ2v) is 6.78. The lowest BCUT2D eigenvalue weighted by atomic mass is 9.89. The molecule has 0 amide bonds. The molecule has 1 saturated heterocycles. The summed E-state index contributed by atoms with van der Waals surface area (Å²) in [5.41, 5.74) is 9.00. The smallest absolute Gasteiger partial charge is 0.0988 e. The first-order valence-electron chi connectivity index (χ1n) is 9.19. The summed E-state index contributed by atoms with van der Waals surface area (Å²) >= 11 is 0. The van der Waals surface area contributed by atoms with E-state index in [1.165, 1.54) is 5.56 Å². The summed E-state index contributed by atoms with van der Waals surface area (Å²) in [6.45, 7) is 5.92. The van der Waals surface area contributed by atoms with Crippen LogP contribution in [0.4, 0.5) is 5.69 Å². The largest absolute Gasteiger partial charge is 0.404 e. The molecule has 4 heteroatoms. The van der Waals surface area contributed by atoms with Crippen molar-refractivity contribution in [3.8, 4) is 6.07 Å². The lowest BCUT2D eigenvalue weighted by molar-refractivity contribution is 0.479. The number of benzene rings is 1. The Hall–Kier alpha value is -2.77. The number of allylic oxidation sites excluding steroid dienone is 5. The SMILES string of the molecule is C=C/C=c1/cc(C2C=CC(C#N)=CC2)cc(NC2CCNCC2)/c1=C/N. The van der Waals surface area contributed by atoms with E-state index in [4.69, 9.17) is 11.0 Å². The highest BCUT2D eigenvalue weighted by Crippen LogP contribution is 2.27. The van der Waals surface area contributed by atoms with E-state index in [0.29, 0.717) is 6.04 Å². The second-order valence-electron chi connectivity index (χ2n) is 6.78. The molecule has 0 radical (unpaired) electrons. The average Bonchev–Trinajstić information content (AvgIpc) is 2.69. The van der Waals surface area contributed by atoms with Gasteiger partial charge in [0.15, 0.2) is 0 Å². The van der Waals surface area contributed by atoms with Gasteiger partial charge in [-0.1, -0.05) is 36.9 Å². The third kappa shape index (κ3) is 4.07. The molecule has 4 nitrogen and oxygen atoms in total. The maximum Gasteiger partial charge on any atom is 0.0988 e. The van der Waals surface area contributed by atoms with Gasteiger partial charge in [-0.05, 0) is 55.3 Å². The Kier molecular flexibility index (Phi) is 5.93. The van der Waals surface area contributed by atoms with Crippen LogP contribution in [0.15, 0.2) is 48.6 Å². The van der Waals surface area contributed by atoms with E-state index in [1.807, 2.05) is 18.2 Å². The Bertz CT molecular complexity index is 880. The van der Waals surface area contributed by atoms with Crippen LogP contribution < -0.4 is 26.8 Å². The zero-order valence-electron chi connectivity index (χ0n) is 15.0. The minimum atomic E-state index is 0.268. The Morgan fingerprint density at radius 3 is 2.73 bits per heavy atom. The molecule has 1 unspecified atom stereocenters. The monoisotopic (exact) mass is 346 g/mol. The van der Waals surface area contributed by atoms with Crippen LogP contribution in [0, 0.1) is 11.3 Å². The third-order valence-electron chi connectivity index (χ3n) is 5.05. The van der Waals surface area contributed by atoms with Gasteiger partial charge in [-0.25, -0.2) is 0 Å². The van der Waals surface area contributed by atoms with Gasteiger partial charge in [0.1, 0.15) is 0 Å².